The molecule has 1 aromatic carbocycles. The fraction of sp³-hybridized carbons (Fsp3) is 0.250. The van der Waals surface area contributed by atoms with Crippen LogP contribution in [0.3, 0.4) is 0 Å². The lowest BCUT2D eigenvalue weighted by atomic mass is 10.1. The zero-order valence-electron chi connectivity index (χ0n) is 12.5. The summed E-state index contributed by atoms with van der Waals surface area (Å²) in [5.74, 6) is -0.572. The topological polar surface area (TPSA) is 46.3 Å². The highest BCUT2D eigenvalue weighted by molar-refractivity contribution is 7.09. The molecule has 0 fully saturated rings. The maximum absolute atomic E-state index is 13.8. The quantitative estimate of drug-likeness (QED) is 0.728. The second kappa shape index (κ2) is 5.53. The Labute approximate surface area is 131 Å². The van der Waals surface area contributed by atoms with Crippen LogP contribution in [-0.4, -0.2) is 22.8 Å². The zero-order chi connectivity index (χ0) is 15.9. The summed E-state index contributed by atoms with van der Waals surface area (Å²) in [4.78, 5) is 18.5. The van der Waals surface area contributed by atoms with Crippen LogP contribution in [0, 0.1) is 12.7 Å². The molecule has 22 heavy (non-hydrogen) atoms. The molecule has 0 spiro atoms. The van der Waals surface area contributed by atoms with Gasteiger partial charge in [0.1, 0.15) is 5.01 Å². The Morgan fingerprint density at radius 2 is 2.23 bits per heavy atom. The normalized spacial score (nSPS) is 12.5. The maximum Gasteiger partial charge on any atom is 0.290 e. The third-order valence-electron chi connectivity index (χ3n) is 3.82. The van der Waals surface area contributed by atoms with Crippen molar-refractivity contribution < 1.29 is 13.6 Å². The smallest absolute Gasteiger partial charge is 0.290 e. The van der Waals surface area contributed by atoms with E-state index in [1.807, 2.05) is 12.3 Å². The van der Waals surface area contributed by atoms with Crippen LogP contribution in [0.25, 0.3) is 11.0 Å². The number of carbonyl (C=O) groups is 1. The van der Waals surface area contributed by atoms with Crippen molar-refractivity contribution in [3.8, 4) is 0 Å². The largest absolute Gasteiger partial charge is 0.448 e. The van der Waals surface area contributed by atoms with Gasteiger partial charge in [-0.25, -0.2) is 9.37 Å². The Morgan fingerprint density at radius 1 is 1.45 bits per heavy atom. The lowest BCUT2D eigenvalue weighted by Gasteiger charge is -2.22. The molecule has 0 aliphatic rings. The summed E-state index contributed by atoms with van der Waals surface area (Å²) in [6.45, 7) is 3.66. The molecule has 114 valence electrons. The fourth-order valence-corrected chi connectivity index (χ4v) is 3.09. The minimum Gasteiger partial charge on any atom is -0.448 e. The van der Waals surface area contributed by atoms with Gasteiger partial charge in [-0.15, -0.1) is 11.3 Å². The minimum absolute atomic E-state index is 0.124. The van der Waals surface area contributed by atoms with Crippen LogP contribution in [0.15, 0.2) is 34.2 Å². The van der Waals surface area contributed by atoms with E-state index in [0.29, 0.717) is 10.9 Å². The molecule has 0 aliphatic carbocycles. The van der Waals surface area contributed by atoms with Crippen molar-refractivity contribution in [2.45, 2.75) is 19.9 Å². The van der Waals surface area contributed by atoms with Crippen LogP contribution in [0.1, 0.15) is 34.1 Å². The van der Waals surface area contributed by atoms with Crippen molar-refractivity contribution in [2.75, 3.05) is 7.05 Å². The van der Waals surface area contributed by atoms with Gasteiger partial charge in [0.25, 0.3) is 5.91 Å². The van der Waals surface area contributed by atoms with E-state index in [1.54, 1.807) is 37.2 Å². The number of aromatic nitrogens is 1. The van der Waals surface area contributed by atoms with Gasteiger partial charge in [0.15, 0.2) is 17.2 Å². The molecule has 0 radical (unpaired) electrons. The van der Waals surface area contributed by atoms with Crippen LogP contribution >= 0.6 is 11.3 Å². The average molecular weight is 318 g/mol. The Balaban J connectivity index is 1.98. The highest BCUT2D eigenvalue weighted by Gasteiger charge is 2.26. The Bertz CT molecular complexity index is 826. The summed E-state index contributed by atoms with van der Waals surface area (Å²) >= 11 is 1.49. The Kier molecular flexibility index (Phi) is 3.70. The van der Waals surface area contributed by atoms with Crippen LogP contribution < -0.4 is 0 Å². The van der Waals surface area contributed by atoms with E-state index < -0.39 is 5.82 Å². The first-order chi connectivity index (χ1) is 10.5. The molecule has 1 amide bonds. The molecular formula is C16H15FN2O2S. The monoisotopic (exact) mass is 318 g/mol. The molecular weight excluding hydrogens is 303 g/mol. The van der Waals surface area contributed by atoms with E-state index in [0.717, 1.165) is 5.01 Å². The molecule has 2 aromatic heterocycles. The minimum atomic E-state index is -0.463. The first kappa shape index (κ1) is 14.7. The average Bonchev–Trinajstić information content (AvgIpc) is 3.15. The number of carbonyl (C=O) groups excluding carboxylic acids is 1. The molecule has 0 N–H and O–H groups in total. The van der Waals surface area contributed by atoms with Crippen molar-refractivity contribution in [3.63, 3.8) is 0 Å². The van der Waals surface area contributed by atoms with Gasteiger partial charge in [-0.3, -0.25) is 4.79 Å². The maximum atomic E-state index is 13.8. The summed E-state index contributed by atoms with van der Waals surface area (Å²) < 4.78 is 19.3. The van der Waals surface area contributed by atoms with Crippen LogP contribution in [0.2, 0.25) is 0 Å². The van der Waals surface area contributed by atoms with Crippen molar-refractivity contribution in [1.29, 1.82) is 0 Å². The number of thiazole rings is 1. The summed E-state index contributed by atoms with van der Waals surface area (Å²) in [6, 6.07) is 4.50. The zero-order valence-corrected chi connectivity index (χ0v) is 13.3. The lowest BCUT2D eigenvalue weighted by molar-refractivity contribution is 0.0711. The van der Waals surface area contributed by atoms with Crippen LogP contribution in [0.4, 0.5) is 4.39 Å². The highest BCUT2D eigenvalue weighted by atomic mass is 32.1. The van der Waals surface area contributed by atoms with Crippen molar-refractivity contribution in [1.82, 2.24) is 9.88 Å². The van der Waals surface area contributed by atoms with E-state index in [9.17, 15) is 9.18 Å². The second-order valence-corrected chi connectivity index (χ2v) is 6.06. The molecule has 2 heterocycles. The van der Waals surface area contributed by atoms with Gasteiger partial charge >= 0.3 is 0 Å². The first-order valence-corrected chi connectivity index (χ1v) is 7.73. The van der Waals surface area contributed by atoms with Crippen molar-refractivity contribution >= 4 is 28.2 Å². The van der Waals surface area contributed by atoms with Gasteiger partial charge in [0.05, 0.1) is 6.04 Å². The summed E-state index contributed by atoms with van der Waals surface area (Å²) in [6.07, 6.45) is 1.70. The van der Waals surface area contributed by atoms with Gasteiger partial charge in [-0.05, 0) is 19.9 Å². The number of fused-ring (bicyclic) bond motifs is 1. The predicted octanol–water partition coefficient (Wildman–Crippen LogP) is 4.17. The van der Waals surface area contributed by atoms with Gasteiger partial charge in [0, 0.05) is 29.6 Å². The molecule has 4 nitrogen and oxygen atoms in total. The summed E-state index contributed by atoms with van der Waals surface area (Å²) in [5, 5.41) is 3.33. The number of hydrogen-bond donors (Lipinski definition) is 0. The molecule has 0 bridgehead atoms. The van der Waals surface area contributed by atoms with Crippen molar-refractivity contribution in [2.24, 2.45) is 0 Å². The van der Waals surface area contributed by atoms with Crippen LogP contribution in [-0.2, 0) is 0 Å². The molecule has 0 aliphatic heterocycles. The number of halogens is 1. The van der Waals surface area contributed by atoms with Gasteiger partial charge in [0.2, 0.25) is 0 Å². The van der Waals surface area contributed by atoms with Gasteiger partial charge in [-0.1, -0.05) is 12.1 Å². The van der Waals surface area contributed by atoms with E-state index in [4.69, 9.17) is 4.42 Å². The van der Waals surface area contributed by atoms with Gasteiger partial charge in [-0.2, -0.15) is 0 Å². The molecule has 0 unspecified atom stereocenters. The van der Waals surface area contributed by atoms with Crippen LogP contribution in [0.5, 0.6) is 0 Å². The van der Waals surface area contributed by atoms with Crippen molar-refractivity contribution in [3.05, 3.63) is 51.9 Å². The van der Waals surface area contributed by atoms with E-state index >= 15 is 0 Å². The van der Waals surface area contributed by atoms with E-state index in [1.165, 1.54) is 17.4 Å². The highest BCUT2D eigenvalue weighted by Crippen LogP contribution is 2.30. The predicted molar refractivity (Wildman–Crippen MR) is 83.5 cm³/mol. The number of nitrogens with zero attached hydrogens (tertiary/aromatic N) is 2. The van der Waals surface area contributed by atoms with E-state index in [2.05, 4.69) is 4.98 Å². The molecule has 6 heteroatoms. The number of benzene rings is 1. The Morgan fingerprint density at radius 3 is 2.86 bits per heavy atom. The summed E-state index contributed by atoms with van der Waals surface area (Å²) in [7, 11) is 1.69. The standard InChI is InChI=1S/C16H15FN2O2S/c1-9-11-5-4-6-12(17)14(11)21-13(9)16(20)19(3)10(2)15-18-7-8-22-15/h4-8,10H,1-3H3/t10-/m1/s1. The number of furan rings is 1. The molecule has 3 aromatic rings. The number of amides is 1. The molecule has 1 atom stereocenters. The Hall–Kier alpha value is -2.21. The number of aryl methyl sites for hydroxylation is 1. The first-order valence-electron chi connectivity index (χ1n) is 6.85. The number of rotatable bonds is 3. The van der Waals surface area contributed by atoms with Gasteiger partial charge < -0.3 is 9.32 Å². The lowest BCUT2D eigenvalue weighted by Crippen LogP contribution is -2.29. The second-order valence-electron chi connectivity index (χ2n) is 5.14. The molecule has 3 rings (SSSR count). The molecule has 0 saturated carbocycles. The third-order valence-corrected chi connectivity index (χ3v) is 4.77. The van der Waals surface area contributed by atoms with E-state index in [-0.39, 0.29) is 23.3 Å². The fourth-order valence-electron chi connectivity index (χ4n) is 2.36. The molecule has 0 saturated heterocycles. The SMILES string of the molecule is Cc1c(C(=O)N(C)[C@H](C)c2nccs2)oc2c(F)cccc12. The number of hydrogen-bond acceptors (Lipinski definition) is 4. The number of para-hydroxylation sites is 1. The third kappa shape index (κ3) is 2.29. The summed E-state index contributed by atoms with van der Waals surface area (Å²) in [5.41, 5.74) is 0.774.